The van der Waals surface area contributed by atoms with Gasteiger partial charge in [-0.05, 0) is 31.5 Å². The number of aryl methyl sites for hydroxylation is 2. The number of carboxylic acid groups (broad SMARTS) is 1. The zero-order valence-corrected chi connectivity index (χ0v) is 10.3. The highest BCUT2D eigenvalue weighted by Gasteiger charge is 2.09. The number of carbonyl (C=O) groups is 1. The Bertz CT molecular complexity index is 571. The third kappa shape index (κ3) is 2.69. The molecule has 0 atom stereocenters. The molecule has 0 radical (unpaired) electrons. The van der Waals surface area contributed by atoms with Gasteiger partial charge in [0.25, 0.3) is 0 Å². The molecule has 0 saturated carbocycles. The quantitative estimate of drug-likeness (QED) is 0.639. The third-order valence-corrected chi connectivity index (χ3v) is 2.69. The van der Waals surface area contributed by atoms with Crippen LogP contribution in [-0.2, 0) is 0 Å². The summed E-state index contributed by atoms with van der Waals surface area (Å²) >= 11 is 0. The molecule has 0 heterocycles. The predicted molar refractivity (Wildman–Crippen MR) is 70.0 cm³/mol. The van der Waals surface area contributed by atoms with Gasteiger partial charge in [-0.3, -0.25) is 0 Å². The minimum atomic E-state index is -1.30. The average molecular weight is 242 g/mol. The summed E-state index contributed by atoms with van der Waals surface area (Å²) in [6.07, 6.45) is -1.30. The molecular weight excluding hydrogens is 228 g/mol. The second-order valence-corrected chi connectivity index (χ2v) is 4.23. The third-order valence-electron chi connectivity index (χ3n) is 2.69. The van der Waals surface area contributed by atoms with Crippen LogP contribution in [0.15, 0.2) is 42.5 Å². The monoisotopic (exact) mass is 242 g/mol. The Morgan fingerprint density at radius 2 is 1.61 bits per heavy atom. The zero-order chi connectivity index (χ0) is 13.1. The normalized spacial score (nSPS) is 10.1. The summed E-state index contributed by atoms with van der Waals surface area (Å²) in [4.78, 5) is 10.7. The van der Waals surface area contributed by atoms with Crippen molar-refractivity contribution < 1.29 is 14.6 Å². The minimum Gasteiger partial charge on any atom is -0.449 e. The van der Waals surface area contributed by atoms with Crippen molar-refractivity contribution in [2.24, 2.45) is 0 Å². The number of hydrogen-bond donors (Lipinski definition) is 1. The van der Waals surface area contributed by atoms with E-state index < -0.39 is 6.16 Å². The molecule has 3 heteroatoms. The lowest BCUT2D eigenvalue weighted by Crippen LogP contribution is -2.04. The van der Waals surface area contributed by atoms with E-state index in [1.54, 1.807) is 6.07 Å². The van der Waals surface area contributed by atoms with Gasteiger partial charge in [0.2, 0.25) is 0 Å². The summed E-state index contributed by atoms with van der Waals surface area (Å²) in [5, 5.41) is 8.73. The predicted octanol–water partition coefficient (Wildman–Crippen LogP) is 4.03. The molecule has 0 bridgehead atoms. The fraction of sp³-hybridized carbons (Fsp3) is 0.133. The van der Waals surface area contributed by atoms with Crippen LogP contribution in [-0.4, -0.2) is 11.3 Å². The Morgan fingerprint density at radius 3 is 2.22 bits per heavy atom. The Balaban J connectivity index is 2.50. The van der Waals surface area contributed by atoms with E-state index in [-0.39, 0.29) is 0 Å². The average Bonchev–Trinajstić information content (AvgIpc) is 2.32. The molecular formula is C15H14O3. The number of rotatable bonds is 2. The van der Waals surface area contributed by atoms with Crippen LogP contribution in [0, 0.1) is 13.8 Å². The molecule has 2 aromatic rings. The molecule has 0 spiro atoms. The molecule has 0 aliphatic heterocycles. The molecule has 0 aliphatic carbocycles. The van der Waals surface area contributed by atoms with E-state index in [2.05, 4.69) is 0 Å². The first-order valence-corrected chi connectivity index (χ1v) is 5.65. The molecule has 2 rings (SSSR count). The summed E-state index contributed by atoms with van der Waals surface area (Å²) in [6.45, 7) is 3.97. The van der Waals surface area contributed by atoms with Gasteiger partial charge in [-0.15, -0.1) is 0 Å². The largest absolute Gasteiger partial charge is 0.511 e. The highest BCUT2D eigenvalue weighted by Crippen LogP contribution is 2.31. The highest BCUT2D eigenvalue weighted by atomic mass is 16.7. The molecule has 0 unspecified atom stereocenters. The second-order valence-electron chi connectivity index (χ2n) is 4.23. The Kier molecular flexibility index (Phi) is 3.33. The molecule has 0 fully saturated rings. The van der Waals surface area contributed by atoms with Crippen LogP contribution >= 0.6 is 0 Å². The Labute approximate surface area is 106 Å². The van der Waals surface area contributed by atoms with Gasteiger partial charge in [-0.25, -0.2) is 4.79 Å². The van der Waals surface area contributed by atoms with Crippen molar-refractivity contribution in [1.82, 2.24) is 0 Å². The van der Waals surface area contributed by atoms with E-state index in [1.165, 1.54) is 0 Å². The lowest BCUT2D eigenvalue weighted by atomic mass is 10.0. The lowest BCUT2D eigenvalue weighted by molar-refractivity contribution is 0.144. The molecule has 1 N–H and O–H groups in total. The molecule has 2 aromatic carbocycles. The van der Waals surface area contributed by atoms with Crippen LogP contribution in [0.2, 0.25) is 0 Å². The van der Waals surface area contributed by atoms with Crippen molar-refractivity contribution in [2.75, 3.05) is 0 Å². The summed E-state index contributed by atoms with van der Waals surface area (Å²) < 4.78 is 4.80. The summed E-state index contributed by atoms with van der Waals surface area (Å²) in [5.41, 5.74) is 3.95. The van der Waals surface area contributed by atoms with Crippen LogP contribution in [0.25, 0.3) is 11.1 Å². The lowest BCUT2D eigenvalue weighted by Gasteiger charge is -2.09. The number of hydrogen-bond acceptors (Lipinski definition) is 2. The number of benzene rings is 2. The van der Waals surface area contributed by atoms with E-state index in [4.69, 9.17) is 9.84 Å². The fourth-order valence-corrected chi connectivity index (χ4v) is 1.79. The Morgan fingerprint density at radius 1 is 1.00 bits per heavy atom. The Hall–Kier alpha value is -2.29. The highest BCUT2D eigenvalue weighted by molar-refractivity contribution is 5.74. The second kappa shape index (κ2) is 4.92. The first-order chi connectivity index (χ1) is 8.56. The van der Waals surface area contributed by atoms with Gasteiger partial charge >= 0.3 is 6.16 Å². The van der Waals surface area contributed by atoms with Crippen LogP contribution in [0.5, 0.6) is 5.75 Å². The van der Waals surface area contributed by atoms with Crippen LogP contribution in [0.1, 0.15) is 11.1 Å². The first-order valence-electron chi connectivity index (χ1n) is 5.65. The van der Waals surface area contributed by atoms with Crippen LogP contribution < -0.4 is 4.74 Å². The van der Waals surface area contributed by atoms with Gasteiger partial charge in [0.15, 0.2) is 0 Å². The van der Waals surface area contributed by atoms with Crippen molar-refractivity contribution in [3.05, 3.63) is 53.6 Å². The van der Waals surface area contributed by atoms with Crippen molar-refractivity contribution in [1.29, 1.82) is 0 Å². The van der Waals surface area contributed by atoms with Crippen molar-refractivity contribution >= 4 is 6.16 Å². The van der Waals surface area contributed by atoms with Gasteiger partial charge in [0.05, 0.1) is 0 Å². The standard InChI is InChI=1S/C15H14O3/c1-10-3-6-12(7-4-10)13-9-11(2)5-8-14(13)18-15(16)17/h3-9H,1-2H3,(H,16,17). The van der Waals surface area contributed by atoms with E-state index >= 15 is 0 Å². The molecule has 92 valence electrons. The molecule has 3 nitrogen and oxygen atoms in total. The van der Waals surface area contributed by atoms with Gasteiger partial charge in [-0.1, -0.05) is 41.5 Å². The van der Waals surface area contributed by atoms with Gasteiger partial charge in [-0.2, -0.15) is 0 Å². The maximum Gasteiger partial charge on any atom is 0.511 e. The minimum absolute atomic E-state index is 0.358. The molecule has 0 saturated heterocycles. The van der Waals surface area contributed by atoms with Gasteiger partial charge in [0.1, 0.15) is 5.75 Å². The summed E-state index contributed by atoms with van der Waals surface area (Å²) in [6, 6.07) is 13.3. The SMILES string of the molecule is Cc1ccc(-c2cc(C)ccc2OC(=O)O)cc1. The maximum atomic E-state index is 10.7. The molecule has 0 amide bonds. The van der Waals surface area contributed by atoms with E-state index in [0.717, 1.165) is 22.3 Å². The van der Waals surface area contributed by atoms with Crippen molar-refractivity contribution in [2.45, 2.75) is 13.8 Å². The van der Waals surface area contributed by atoms with Crippen molar-refractivity contribution in [3.63, 3.8) is 0 Å². The van der Waals surface area contributed by atoms with Crippen LogP contribution in [0.4, 0.5) is 4.79 Å². The van der Waals surface area contributed by atoms with E-state index in [9.17, 15) is 4.79 Å². The zero-order valence-electron chi connectivity index (χ0n) is 10.3. The first kappa shape index (κ1) is 12.2. The fourth-order valence-electron chi connectivity index (χ4n) is 1.79. The molecule has 18 heavy (non-hydrogen) atoms. The number of ether oxygens (including phenoxy) is 1. The smallest absolute Gasteiger partial charge is 0.449 e. The summed E-state index contributed by atoms with van der Waals surface area (Å²) in [5.74, 6) is 0.358. The van der Waals surface area contributed by atoms with Crippen molar-refractivity contribution in [3.8, 4) is 16.9 Å². The molecule has 0 aliphatic rings. The van der Waals surface area contributed by atoms with Gasteiger partial charge < -0.3 is 9.84 Å². The van der Waals surface area contributed by atoms with Crippen LogP contribution in [0.3, 0.4) is 0 Å². The van der Waals surface area contributed by atoms with Gasteiger partial charge in [0, 0.05) is 5.56 Å². The van der Waals surface area contributed by atoms with E-state index in [0.29, 0.717) is 5.75 Å². The summed E-state index contributed by atoms with van der Waals surface area (Å²) in [7, 11) is 0. The molecule has 0 aromatic heterocycles. The topological polar surface area (TPSA) is 46.5 Å². The van der Waals surface area contributed by atoms with E-state index in [1.807, 2.05) is 50.2 Å². The maximum absolute atomic E-state index is 10.7.